The molecule has 0 fully saturated rings. The van der Waals surface area contributed by atoms with Crippen molar-refractivity contribution in [1.29, 1.82) is 0 Å². The smallest absolute Gasteiger partial charge is 0.201 e. The number of carbonyl (C=O) groups excluding carboxylic acids is 1. The van der Waals surface area contributed by atoms with E-state index in [4.69, 9.17) is 18.9 Å². The normalized spacial score (nSPS) is 10.4. The summed E-state index contributed by atoms with van der Waals surface area (Å²) < 4.78 is 22.3. The predicted octanol–water partition coefficient (Wildman–Crippen LogP) is 4.33. The summed E-state index contributed by atoms with van der Waals surface area (Å²) in [4.78, 5) is 13.4. The second-order valence-electron chi connectivity index (χ2n) is 5.42. The van der Waals surface area contributed by atoms with E-state index in [2.05, 4.69) is 15.9 Å². The molecule has 2 aromatic rings. The van der Waals surface area contributed by atoms with Gasteiger partial charge in [0.15, 0.2) is 11.5 Å². The number of aryl methyl sites for hydroxylation is 1. The summed E-state index contributed by atoms with van der Waals surface area (Å²) in [6.45, 7) is 3.69. The summed E-state index contributed by atoms with van der Waals surface area (Å²) in [5.74, 6) is 1.74. The van der Waals surface area contributed by atoms with Gasteiger partial charge in [-0.15, -0.1) is 0 Å². The van der Waals surface area contributed by atoms with E-state index in [-0.39, 0.29) is 5.78 Å². The molecular formula is C19H21BrO5. The van der Waals surface area contributed by atoms with Gasteiger partial charge < -0.3 is 18.9 Å². The van der Waals surface area contributed by atoms with Crippen molar-refractivity contribution in [2.45, 2.75) is 13.8 Å². The first kappa shape index (κ1) is 19.1. The Kier molecular flexibility index (Phi) is 5.95. The van der Waals surface area contributed by atoms with Crippen molar-refractivity contribution in [3.05, 3.63) is 44.9 Å². The number of methoxy groups -OCH3 is 4. The van der Waals surface area contributed by atoms with E-state index < -0.39 is 0 Å². The summed E-state index contributed by atoms with van der Waals surface area (Å²) in [5.41, 5.74) is 2.41. The Morgan fingerprint density at radius 1 is 0.840 bits per heavy atom. The van der Waals surface area contributed by atoms with Crippen molar-refractivity contribution in [1.82, 2.24) is 0 Å². The molecule has 2 aromatic carbocycles. The topological polar surface area (TPSA) is 54.0 Å². The van der Waals surface area contributed by atoms with Crippen molar-refractivity contribution in [3.8, 4) is 23.0 Å². The summed E-state index contributed by atoms with van der Waals surface area (Å²) in [6, 6.07) is 5.29. The molecule has 6 heteroatoms. The fourth-order valence-electron chi connectivity index (χ4n) is 2.76. The van der Waals surface area contributed by atoms with E-state index in [1.165, 1.54) is 21.3 Å². The minimum Gasteiger partial charge on any atom is -0.496 e. The van der Waals surface area contributed by atoms with Gasteiger partial charge in [-0.3, -0.25) is 4.79 Å². The molecule has 0 aliphatic carbocycles. The lowest BCUT2D eigenvalue weighted by atomic mass is 9.94. The number of ether oxygens (including phenoxy) is 4. The Morgan fingerprint density at radius 2 is 1.44 bits per heavy atom. The molecule has 0 aromatic heterocycles. The third kappa shape index (κ3) is 3.31. The molecule has 0 unspecified atom stereocenters. The van der Waals surface area contributed by atoms with Crippen LogP contribution in [0.2, 0.25) is 0 Å². The molecule has 25 heavy (non-hydrogen) atoms. The summed E-state index contributed by atoms with van der Waals surface area (Å²) >= 11 is 3.49. The first-order chi connectivity index (χ1) is 11.9. The minimum atomic E-state index is -0.203. The van der Waals surface area contributed by atoms with Crippen LogP contribution in [0.15, 0.2) is 22.7 Å². The van der Waals surface area contributed by atoms with Crippen LogP contribution in [0.5, 0.6) is 23.0 Å². The van der Waals surface area contributed by atoms with Crippen LogP contribution in [0.4, 0.5) is 0 Å². The molecule has 5 nitrogen and oxygen atoms in total. The molecule has 0 radical (unpaired) electrons. The molecule has 0 spiro atoms. The third-order valence-corrected chi connectivity index (χ3v) is 5.06. The maximum atomic E-state index is 13.4. The standard InChI is InChI=1S/C19H21BrO5/c1-10-7-8-12(22-3)19(25-6)15(10)18(21)16-11(2)17(20)14(24-5)9-13(16)23-4/h7-9H,1-6H3. The molecule has 0 saturated carbocycles. The van der Waals surface area contributed by atoms with Gasteiger partial charge in [-0.1, -0.05) is 6.07 Å². The van der Waals surface area contributed by atoms with Gasteiger partial charge in [-0.25, -0.2) is 0 Å². The van der Waals surface area contributed by atoms with Gasteiger partial charge in [-0.05, 0) is 47.0 Å². The molecule has 2 rings (SSSR count). The lowest BCUT2D eigenvalue weighted by Gasteiger charge is -2.18. The number of hydrogen-bond acceptors (Lipinski definition) is 5. The van der Waals surface area contributed by atoms with Gasteiger partial charge in [0, 0.05) is 6.07 Å². The van der Waals surface area contributed by atoms with Crippen molar-refractivity contribution in [3.63, 3.8) is 0 Å². The maximum absolute atomic E-state index is 13.4. The van der Waals surface area contributed by atoms with E-state index in [9.17, 15) is 4.79 Å². The summed E-state index contributed by atoms with van der Waals surface area (Å²) in [5, 5.41) is 0. The van der Waals surface area contributed by atoms with Crippen LogP contribution in [0, 0.1) is 13.8 Å². The third-order valence-electron chi connectivity index (χ3n) is 4.08. The average Bonchev–Trinajstić information content (AvgIpc) is 2.62. The summed E-state index contributed by atoms with van der Waals surface area (Å²) in [6.07, 6.45) is 0. The van der Waals surface area contributed by atoms with Crippen molar-refractivity contribution < 1.29 is 23.7 Å². The second kappa shape index (κ2) is 7.78. The van der Waals surface area contributed by atoms with Crippen LogP contribution in [-0.4, -0.2) is 34.2 Å². The number of carbonyl (C=O) groups is 1. The molecular weight excluding hydrogens is 388 g/mol. The van der Waals surface area contributed by atoms with Crippen molar-refractivity contribution >= 4 is 21.7 Å². The van der Waals surface area contributed by atoms with Gasteiger partial charge in [0.1, 0.15) is 11.5 Å². The fraction of sp³-hybridized carbons (Fsp3) is 0.316. The van der Waals surface area contributed by atoms with Crippen LogP contribution in [-0.2, 0) is 0 Å². The molecule has 0 bridgehead atoms. The molecule has 134 valence electrons. The molecule has 0 aliphatic heterocycles. The zero-order valence-corrected chi connectivity index (χ0v) is 16.7. The lowest BCUT2D eigenvalue weighted by Crippen LogP contribution is -2.11. The minimum absolute atomic E-state index is 0.203. The Bertz CT molecular complexity index is 814. The molecule has 0 saturated heterocycles. The number of benzene rings is 2. The Labute approximate surface area is 156 Å². The van der Waals surface area contributed by atoms with Crippen LogP contribution >= 0.6 is 15.9 Å². The van der Waals surface area contributed by atoms with Gasteiger partial charge in [-0.2, -0.15) is 0 Å². The van der Waals surface area contributed by atoms with Crippen LogP contribution < -0.4 is 18.9 Å². The predicted molar refractivity (Wildman–Crippen MR) is 99.7 cm³/mol. The lowest BCUT2D eigenvalue weighted by molar-refractivity contribution is 0.103. The van der Waals surface area contributed by atoms with Gasteiger partial charge in [0.25, 0.3) is 0 Å². The summed E-state index contributed by atoms with van der Waals surface area (Å²) in [7, 11) is 6.14. The average molecular weight is 409 g/mol. The number of halogens is 1. The Balaban J connectivity index is 2.77. The maximum Gasteiger partial charge on any atom is 0.201 e. The first-order valence-corrected chi connectivity index (χ1v) is 8.37. The number of hydrogen-bond donors (Lipinski definition) is 0. The van der Waals surface area contributed by atoms with E-state index in [1.807, 2.05) is 19.9 Å². The first-order valence-electron chi connectivity index (χ1n) is 7.58. The molecule has 0 N–H and O–H groups in total. The number of ketones is 1. The number of rotatable bonds is 6. The monoisotopic (exact) mass is 408 g/mol. The van der Waals surface area contributed by atoms with Crippen LogP contribution in [0.3, 0.4) is 0 Å². The zero-order chi connectivity index (χ0) is 18.7. The van der Waals surface area contributed by atoms with Crippen molar-refractivity contribution in [2.24, 2.45) is 0 Å². The molecule has 0 atom stereocenters. The molecule has 0 heterocycles. The van der Waals surface area contributed by atoms with Gasteiger partial charge in [0.05, 0.1) is 44.0 Å². The van der Waals surface area contributed by atoms with E-state index in [0.717, 1.165) is 11.1 Å². The van der Waals surface area contributed by atoms with E-state index >= 15 is 0 Å². The Morgan fingerprint density at radius 3 is 1.96 bits per heavy atom. The van der Waals surface area contributed by atoms with Crippen LogP contribution in [0.25, 0.3) is 0 Å². The Hall–Kier alpha value is -2.21. The molecule has 0 amide bonds. The fourth-order valence-corrected chi connectivity index (χ4v) is 3.23. The van der Waals surface area contributed by atoms with Crippen LogP contribution in [0.1, 0.15) is 27.0 Å². The SMILES string of the molecule is COc1cc(OC)c(C(=O)c2c(C)ccc(OC)c2OC)c(C)c1Br. The second-order valence-corrected chi connectivity index (χ2v) is 6.21. The van der Waals surface area contributed by atoms with Gasteiger partial charge in [0.2, 0.25) is 5.78 Å². The van der Waals surface area contributed by atoms with Gasteiger partial charge >= 0.3 is 0 Å². The van der Waals surface area contributed by atoms with Crippen molar-refractivity contribution in [2.75, 3.05) is 28.4 Å². The zero-order valence-electron chi connectivity index (χ0n) is 15.2. The highest BCUT2D eigenvalue weighted by atomic mass is 79.9. The highest BCUT2D eigenvalue weighted by Crippen LogP contribution is 2.41. The van der Waals surface area contributed by atoms with E-state index in [0.29, 0.717) is 38.6 Å². The largest absolute Gasteiger partial charge is 0.496 e. The quantitative estimate of drug-likeness (QED) is 0.665. The highest BCUT2D eigenvalue weighted by Gasteiger charge is 2.27. The van der Waals surface area contributed by atoms with E-state index in [1.54, 1.807) is 19.2 Å². The highest BCUT2D eigenvalue weighted by molar-refractivity contribution is 9.10. The molecule has 0 aliphatic rings.